The molecule has 6 aromatic rings. The van der Waals surface area contributed by atoms with Crippen LogP contribution in [0.4, 0.5) is 20.4 Å². The van der Waals surface area contributed by atoms with E-state index in [4.69, 9.17) is 11.5 Å². The van der Waals surface area contributed by atoms with E-state index in [0.717, 1.165) is 21.5 Å². The molecule has 6 heterocycles. The molecule has 0 spiro atoms. The molecule has 244 valence electrons. The van der Waals surface area contributed by atoms with Gasteiger partial charge in [-0.15, -0.1) is 0 Å². The molecule has 0 radical (unpaired) electrons. The molecule has 6 rings (SSSR count). The molecule has 0 unspecified atom stereocenters. The van der Waals surface area contributed by atoms with Gasteiger partial charge in [0.25, 0.3) is 11.1 Å². The molecule has 0 saturated heterocycles. The van der Waals surface area contributed by atoms with Gasteiger partial charge in [0.15, 0.2) is 34.0 Å². The van der Waals surface area contributed by atoms with Gasteiger partial charge in [-0.3, -0.25) is 37.8 Å². The van der Waals surface area contributed by atoms with Gasteiger partial charge >= 0.3 is 22.8 Å². The lowest BCUT2D eigenvalue weighted by molar-refractivity contribution is 0.617. The monoisotopic (exact) mass is 646 g/mol. The predicted molar refractivity (Wildman–Crippen MR) is 161 cm³/mol. The number of anilines is 2. The summed E-state index contributed by atoms with van der Waals surface area (Å²) in [5, 5.41) is 0. The lowest BCUT2D eigenvalue weighted by atomic mass is 10.5. The van der Waals surface area contributed by atoms with E-state index in [2.05, 4.69) is 19.9 Å². The minimum absolute atomic E-state index is 0.282. The Morgan fingerprint density at radius 3 is 1.17 bits per heavy atom. The van der Waals surface area contributed by atoms with Gasteiger partial charge in [-0.25, -0.2) is 37.9 Å². The van der Waals surface area contributed by atoms with E-state index in [-0.39, 0.29) is 34.1 Å². The summed E-state index contributed by atoms with van der Waals surface area (Å²) in [6, 6.07) is 0. The van der Waals surface area contributed by atoms with Crippen molar-refractivity contribution in [3.05, 3.63) is 99.3 Å². The summed E-state index contributed by atoms with van der Waals surface area (Å²) in [5.41, 5.74) is 8.97. The van der Waals surface area contributed by atoms with Crippen LogP contribution < -0.4 is 45.3 Å². The summed E-state index contributed by atoms with van der Waals surface area (Å²) >= 11 is 0. The number of hydrogen-bond donors (Lipinski definition) is 4. The minimum atomic E-state index is -0.713. The van der Waals surface area contributed by atoms with Crippen molar-refractivity contribution in [2.75, 3.05) is 11.5 Å². The Kier molecular flexibility index (Phi) is 9.94. The molecular formula is C24H28F2N14O6. The zero-order valence-corrected chi connectivity index (χ0v) is 25.1. The van der Waals surface area contributed by atoms with Crippen molar-refractivity contribution >= 4 is 34.0 Å². The molecule has 0 aliphatic heterocycles. The third-order valence-corrected chi connectivity index (χ3v) is 6.22. The van der Waals surface area contributed by atoms with Crippen molar-refractivity contribution in [1.29, 1.82) is 0 Å². The number of aromatic nitrogens is 12. The van der Waals surface area contributed by atoms with Crippen LogP contribution in [0.2, 0.25) is 0 Å². The number of fused-ring (bicyclic) bond motifs is 2. The number of nitrogen functional groups attached to an aromatic ring is 2. The molecule has 6 aromatic heterocycles. The summed E-state index contributed by atoms with van der Waals surface area (Å²) in [7, 11) is 9.55. The van der Waals surface area contributed by atoms with Gasteiger partial charge in [-0.1, -0.05) is 0 Å². The smallest absolute Gasteiger partial charge is 0.346 e. The fourth-order valence-electron chi connectivity index (χ4n) is 3.73. The number of hydrogen-bond acceptors (Lipinski definition) is 12. The van der Waals surface area contributed by atoms with Crippen molar-refractivity contribution < 1.29 is 8.78 Å². The highest BCUT2D eigenvalue weighted by atomic mass is 19.1. The topological polar surface area (TPSA) is 267 Å². The summed E-state index contributed by atoms with van der Waals surface area (Å²) in [6.07, 6.45) is 4.58. The normalized spacial score (nSPS) is 10.4. The highest BCUT2D eigenvalue weighted by Crippen LogP contribution is 2.03. The number of nitrogens with zero attached hydrogens (tertiary/aromatic N) is 10. The average molecular weight is 647 g/mol. The molecule has 6 N–H and O–H groups in total. The van der Waals surface area contributed by atoms with Crippen molar-refractivity contribution in [3.8, 4) is 0 Å². The fourth-order valence-corrected chi connectivity index (χ4v) is 3.73. The SMILES string of the molecule is Cn1c(=O)c2c(ncn2C)n(C)c1=O.Cn1c(=O)c2c(ncn2C)n(C)c1=O.Nc1[nH]c(=O)ncc1F.Nc1[nH]c(=O)ncc1F. The number of nitrogens with two attached hydrogens (primary N) is 2. The molecule has 0 aliphatic rings. The second-order valence-electron chi connectivity index (χ2n) is 9.37. The second kappa shape index (κ2) is 13.4. The van der Waals surface area contributed by atoms with Crippen molar-refractivity contribution in [3.63, 3.8) is 0 Å². The standard InChI is InChI=1S/2C8H10N4O2.2C4H4FN3O/c2*1-10-4-9-6-5(10)7(13)12(3)8(14)11(6)2;2*5-2-1-7-4(9)8-3(2)6/h2*4H,1-3H3;2*1H,(H3,6,7,8,9). The number of aromatic amines is 2. The Labute approximate surface area is 253 Å². The molecular weight excluding hydrogens is 618 g/mol. The first-order chi connectivity index (χ1) is 21.5. The van der Waals surface area contributed by atoms with Crippen LogP contribution in [0.5, 0.6) is 0 Å². The summed E-state index contributed by atoms with van der Waals surface area (Å²) in [6.45, 7) is 0. The summed E-state index contributed by atoms with van der Waals surface area (Å²) in [5.74, 6) is -1.99. The van der Waals surface area contributed by atoms with E-state index in [1.807, 2.05) is 9.97 Å². The summed E-state index contributed by atoms with van der Waals surface area (Å²) in [4.78, 5) is 84.9. The number of imidazole rings is 2. The molecule has 0 saturated carbocycles. The Balaban J connectivity index is 0.000000171. The van der Waals surface area contributed by atoms with Gasteiger partial charge in [0.2, 0.25) is 0 Å². The lowest BCUT2D eigenvalue weighted by Crippen LogP contribution is -2.37. The molecule has 0 aromatic carbocycles. The highest BCUT2D eigenvalue weighted by Gasteiger charge is 2.12. The first-order valence-corrected chi connectivity index (χ1v) is 12.6. The van der Waals surface area contributed by atoms with Crippen molar-refractivity contribution in [2.24, 2.45) is 42.3 Å². The van der Waals surface area contributed by atoms with E-state index in [9.17, 15) is 37.5 Å². The Morgan fingerprint density at radius 2 is 0.891 bits per heavy atom. The average Bonchev–Trinajstić information content (AvgIpc) is 3.60. The van der Waals surface area contributed by atoms with Crippen LogP contribution >= 0.6 is 0 Å². The number of nitrogens with one attached hydrogen (secondary N) is 2. The Hall–Kier alpha value is -6.48. The predicted octanol–water partition coefficient (Wildman–Crippen LogP) is -3.08. The van der Waals surface area contributed by atoms with E-state index >= 15 is 0 Å². The maximum absolute atomic E-state index is 12.1. The number of H-pyrrole nitrogens is 2. The van der Waals surface area contributed by atoms with E-state index in [1.165, 1.54) is 35.9 Å². The van der Waals surface area contributed by atoms with Crippen LogP contribution in [0.25, 0.3) is 22.3 Å². The Bertz CT molecular complexity index is 2260. The van der Waals surface area contributed by atoms with Crippen molar-refractivity contribution in [1.82, 2.24) is 57.3 Å². The van der Waals surface area contributed by atoms with Gasteiger partial charge in [0.1, 0.15) is 11.6 Å². The quantitative estimate of drug-likeness (QED) is 0.128. The molecule has 0 amide bonds. The molecule has 22 heteroatoms. The van der Waals surface area contributed by atoms with Crippen LogP contribution in [0.1, 0.15) is 0 Å². The number of rotatable bonds is 0. The lowest BCUT2D eigenvalue weighted by Gasteiger charge is -2.02. The van der Waals surface area contributed by atoms with Crippen molar-refractivity contribution in [2.45, 2.75) is 0 Å². The van der Waals surface area contributed by atoms with Crippen LogP contribution in [0.3, 0.4) is 0 Å². The minimum Gasteiger partial charge on any atom is -0.383 e. The third-order valence-electron chi connectivity index (χ3n) is 6.22. The van der Waals surface area contributed by atoms with Gasteiger partial charge in [0, 0.05) is 42.3 Å². The highest BCUT2D eigenvalue weighted by molar-refractivity contribution is 5.70. The number of halogens is 2. The maximum Gasteiger partial charge on any atom is 0.346 e. The molecule has 46 heavy (non-hydrogen) atoms. The maximum atomic E-state index is 12.1. The van der Waals surface area contributed by atoms with E-state index in [0.29, 0.717) is 22.3 Å². The van der Waals surface area contributed by atoms with Gasteiger partial charge in [-0.05, 0) is 0 Å². The first kappa shape index (κ1) is 34.0. The molecule has 0 fully saturated rings. The molecule has 20 nitrogen and oxygen atoms in total. The van der Waals surface area contributed by atoms with Gasteiger partial charge in [0.05, 0.1) is 25.0 Å². The number of aryl methyl sites for hydroxylation is 4. The Morgan fingerprint density at radius 1 is 0.565 bits per heavy atom. The largest absolute Gasteiger partial charge is 0.383 e. The van der Waals surface area contributed by atoms with Crippen LogP contribution in [-0.4, -0.2) is 57.3 Å². The van der Waals surface area contributed by atoms with Crippen LogP contribution in [-0.2, 0) is 42.3 Å². The van der Waals surface area contributed by atoms with Crippen LogP contribution in [0.15, 0.2) is 53.8 Å². The van der Waals surface area contributed by atoms with Gasteiger partial charge < -0.3 is 20.6 Å². The van der Waals surface area contributed by atoms with Gasteiger partial charge in [-0.2, -0.15) is 9.97 Å². The van der Waals surface area contributed by atoms with Crippen LogP contribution in [0, 0.1) is 11.6 Å². The summed E-state index contributed by atoms with van der Waals surface area (Å²) < 4.78 is 32.4. The zero-order chi connectivity index (χ0) is 34.6. The molecule has 0 bridgehead atoms. The third kappa shape index (κ3) is 6.84. The van der Waals surface area contributed by atoms with E-state index in [1.54, 1.807) is 37.3 Å². The molecule has 0 aliphatic carbocycles. The second-order valence-corrected chi connectivity index (χ2v) is 9.37. The fraction of sp³-hybridized carbons (Fsp3) is 0.250. The molecule has 0 atom stereocenters. The van der Waals surface area contributed by atoms with E-state index < -0.39 is 23.0 Å². The first-order valence-electron chi connectivity index (χ1n) is 12.6. The zero-order valence-electron chi connectivity index (χ0n) is 25.1.